The first kappa shape index (κ1) is 10.8. The minimum atomic E-state index is -0.932. The highest BCUT2D eigenvalue weighted by Crippen LogP contribution is 2.42. The number of hydrogen-bond acceptors (Lipinski definition) is 3. The van der Waals surface area contributed by atoms with E-state index in [1.165, 1.54) is 0 Å². The quantitative estimate of drug-likeness (QED) is 0.851. The molecule has 2 rings (SSSR count). The highest BCUT2D eigenvalue weighted by molar-refractivity contribution is 5.82. The predicted octanol–water partition coefficient (Wildman–Crippen LogP) is 2.17. The van der Waals surface area contributed by atoms with Crippen LogP contribution >= 0.6 is 0 Å². The topological polar surface area (TPSA) is 55.8 Å². The van der Waals surface area contributed by atoms with E-state index in [-0.39, 0.29) is 6.79 Å². The van der Waals surface area contributed by atoms with Gasteiger partial charge < -0.3 is 14.6 Å². The lowest BCUT2D eigenvalue weighted by atomic mass is 9.79. The number of benzene rings is 1. The van der Waals surface area contributed by atoms with Crippen LogP contribution in [0.2, 0.25) is 0 Å². The standard InChI is InChI=1S/C12H14O4/c1-3-12(2,11(13)14)8-5-4-6-9-10(8)16-7-15-9/h4-6H,3,7H2,1-2H3,(H,13,14). The zero-order valence-corrected chi connectivity index (χ0v) is 9.32. The number of aliphatic carboxylic acids is 1. The zero-order chi connectivity index (χ0) is 11.8. The van der Waals surface area contributed by atoms with E-state index in [0.717, 1.165) is 0 Å². The summed E-state index contributed by atoms with van der Waals surface area (Å²) in [5.41, 5.74) is -0.253. The van der Waals surface area contributed by atoms with Gasteiger partial charge in [0.1, 0.15) is 0 Å². The number of fused-ring (bicyclic) bond motifs is 1. The smallest absolute Gasteiger partial charge is 0.313 e. The van der Waals surface area contributed by atoms with E-state index in [0.29, 0.717) is 23.5 Å². The molecule has 0 amide bonds. The minimum Gasteiger partial charge on any atom is -0.481 e. The first-order valence-electron chi connectivity index (χ1n) is 5.22. The van der Waals surface area contributed by atoms with Crippen molar-refractivity contribution in [3.05, 3.63) is 23.8 Å². The SMILES string of the molecule is CCC(C)(C(=O)O)c1cccc2c1OCO2. The molecular formula is C12H14O4. The Morgan fingerprint density at radius 1 is 1.50 bits per heavy atom. The van der Waals surface area contributed by atoms with Crippen LogP contribution in [0.5, 0.6) is 11.5 Å². The van der Waals surface area contributed by atoms with Crippen molar-refractivity contribution in [2.75, 3.05) is 6.79 Å². The molecule has 1 aromatic rings. The third-order valence-electron chi connectivity index (χ3n) is 3.17. The van der Waals surface area contributed by atoms with Crippen molar-refractivity contribution in [1.29, 1.82) is 0 Å². The Hall–Kier alpha value is -1.71. The number of carboxylic acid groups (broad SMARTS) is 1. The molecule has 1 aromatic carbocycles. The van der Waals surface area contributed by atoms with Gasteiger partial charge in [-0.15, -0.1) is 0 Å². The number of ether oxygens (including phenoxy) is 2. The number of hydrogen-bond donors (Lipinski definition) is 1. The summed E-state index contributed by atoms with van der Waals surface area (Å²) < 4.78 is 10.6. The van der Waals surface area contributed by atoms with E-state index in [9.17, 15) is 9.90 Å². The van der Waals surface area contributed by atoms with Gasteiger partial charge in [-0.05, 0) is 19.4 Å². The fraction of sp³-hybridized carbons (Fsp3) is 0.417. The van der Waals surface area contributed by atoms with E-state index >= 15 is 0 Å². The van der Waals surface area contributed by atoms with Crippen molar-refractivity contribution in [3.63, 3.8) is 0 Å². The van der Waals surface area contributed by atoms with Crippen LogP contribution in [-0.2, 0) is 10.2 Å². The van der Waals surface area contributed by atoms with Gasteiger partial charge in [0.05, 0.1) is 5.41 Å². The fourth-order valence-electron chi connectivity index (χ4n) is 1.82. The van der Waals surface area contributed by atoms with Gasteiger partial charge in [-0.3, -0.25) is 4.79 Å². The highest BCUT2D eigenvalue weighted by atomic mass is 16.7. The molecule has 0 saturated carbocycles. The predicted molar refractivity (Wildman–Crippen MR) is 57.8 cm³/mol. The summed E-state index contributed by atoms with van der Waals surface area (Å²) in [6.07, 6.45) is 0.502. The van der Waals surface area contributed by atoms with E-state index in [1.807, 2.05) is 6.92 Å². The summed E-state index contributed by atoms with van der Waals surface area (Å²) in [7, 11) is 0. The molecule has 1 aliphatic heterocycles. The molecule has 1 aliphatic rings. The van der Waals surface area contributed by atoms with E-state index in [1.54, 1.807) is 25.1 Å². The maximum atomic E-state index is 11.4. The molecule has 4 heteroatoms. The molecule has 0 saturated heterocycles. The number of rotatable bonds is 3. The van der Waals surface area contributed by atoms with Crippen molar-refractivity contribution in [2.24, 2.45) is 0 Å². The molecule has 0 fully saturated rings. The number of carbonyl (C=O) groups is 1. The van der Waals surface area contributed by atoms with Gasteiger partial charge in [-0.1, -0.05) is 19.1 Å². The molecule has 4 nitrogen and oxygen atoms in total. The second-order valence-electron chi connectivity index (χ2n) is 4.03. The van der Waals surface area contributed by atoms with Crippen LogP contribution in [-0.4, -0.2) is 17.9 Å². The normalized spacial score (nSPS) is 16.9. The Labute approximate surface area is 93.8 Å². The summed E-state index contributed by atoms with van der Waals surface area (Å²) in [6, 6.07) is 5.36. The first-order valence-corrected chi connectivity index (χ1v) is 5.22. The molecule has 86 valence electrons. The van der Waals surface area contributed by atoms with E-state index < -0.39 is 11.4 Å². The molecule has 0 radical (unpaired) electrons. The monoisotopic (exact) mass is 222 g/mol. The van der Waals surface area contributed by atoms with E-state index in [2.05, 4.69) is 0 Å². The Morgan fingerprint density at radius 2 is 2.25 bits per heavy atom. The number of carboxylic acids is 1. The summed E-state index contributed by atoms with van der Waals surface area (Å²) >= 11 is 0. The number of para-hydroxylation sites is 1. The van der Waals surface area contributed by atoms with Gasteiger partial charge >= 0.3 is 5.97 Å². The van der Waals surface area contributed by atoms with Crippen LogP contribution in [0.15, 0.2) is 18.2 Å². The molecular weight excluding hydrogens is 208 g/mol. The maximum Gasteiger partial charge on any atom is 0.313 e. The van der Waals surface area contributed by atoms with Crippen LogP contribution < -0.4 is 9.47 Å². The van der Waals surface area contributed by atoms with Gasteiger partial charge in [-0.25, -0.2) is 0 Å². The lowest BCUT2D eigenvalue weighted by Gasteiger charge is -2.24. The van der Waals surface area contributed by atoms with Crippen LogP contribution in [0.1, 0.15) is 25.8 Å². The molecule has 0 aliphatic carbocycles. The third-order valence-corrected chi connectivity index (χ3v) is 3.17. The Bertz CT molecular complexity index is 427. The lowest BCUT2D eigenvalue weighted by molar-refractivity contribution is -0.143. The van der Waals surface area contributed by atoms with Crippen molar-refractivity contribution in [1.82, 2.24) is 0 Å². The Kier molecular flexibility index (Phi) is 2.50. The Balaban J connectivity index is 2.55. The van der Waals surface area contributed by atoms with Gasteiger partial charge in [0.2, 0.25) is 6.79 Å². The maximum absolute atomic E-state index is 11.4. The molecule has 1 atom stereocenters. The van der Waals surface area contributed by atoms with Crippen LogP contribution in [0.25, 0.3) is 0 Å². The highest BCUT2D eigenvalue weighted by Gasteiger charge is 2.38. The first-order chi connectivity index (χ1) is 7.59. The lowest BCUT2D eigenvalue weighted by Crippen LogP contribution is -2.31. The summed E-state index contributed by atoms with van der Waals surface area (Å²) in [5.74, 6) is 0.339. The summed E-state index contributed by atoms with van der Waals surface area (Å²) in [4.78, 5) is 11.4. The van der Waals surface area contributed by atoms with Crippen molar-refractivity contribution in [3.8, 4) is 11.5 Å². The van der Waals surface area contributed by atoms with E-state index in [4.69, 9.17) is 9.47 Å². The average Bonchev–Trinajstić information content (AvgIpc) is 2.75. The van der Waals surface area contributed by atoms with Gasteiger partial charge in [0.25, 0.3) is 0 Å². The largest absolute Gasteiger partial charge is 0.481 e. The van der Waals surface area contributed by atoms with Gasteiger partial charge in [0, 0.05) is 5.56 Å². The van der Waals surface area contributed by atoms with Crippen molar-refractivity contribution < 1.29 is 19.4 Å². The molecule has 1 unspecified atom stereocenters. The van der Waals surface area contributed by atoms with Crippen molar-refractivity contribution >= 4 is 5.97 Å². The molecule has 1 N–H and O–H groups in total. The summed E-state index contributed by atoms with van der Waals surface area (Å²) in [5, 5.41) is 9.32. The molecule has 16 heavy (non-hydrogen) atoms. The molecule has 0 spiro atoms. The zero-order valence-electron chi connectivity index (χ0n) is 9.32. The Morgan fingerprint density at radius 3 is 2.88 bits per heavy atom. The minimum absolute atomic E-state index is 0.158. The molecule has 0 aromatic heterocycles. The van der Waals surface area contributed by atoms with Gasteiger partial charge in [0.15, 0.2) is 11.5 Å². The second-order valence-corrected chi connectivity index (χ2v) is 4.03. The fourth-order valence-corrected chi connectivity index (χ4v) is 1.82. The van der Waals surface area contributed by atoms with Crippen LogP contribution in [0, 0.1) is 0 Å². The van der Waals surface area contributed by atoms with Crippen LogP contribution in [0.3, 0.4) is 0 Å². The average molecular weight is 222 g/mol. The third kappa shape index (κ3) is 1.41. The molecule has 0 bridgehead atoms. The second kappa shape index (κ2) is 3.70. The summed E-state index contributed by atoms with van der Waals surface area (Å²) in [6.45, 7) is 3.71. The molecule has 1 heterocycles. The van der Waals surface area contributed by atoms with Gasteiger partial charge in [-0.2, -0.15) is 0 Å². The van der Waals surface area contributed by atoms with Crippen molar-refractivity contribution in [2.45, 2.75) is 25.7 Å². The van der Waals surface area contributed by atoms with Crippen LogP contribution in [0.4, 0.5) is 0 Å².